The molecule has 0 N–H and O–H groups in total. The Labute approximate surface area is 289 Å². The second kappa shape index (κ2) is 14.2. The van der Waals surface area contributed by atoms with E-state index in [0.717, 1.165) is 10.0 Å². The fraction of sp³-hybridized carbons (Fsp3) is 0.244. The molecule has 3 heteroatoms. The van der Waals surface area contributed by atoms with Crippen LogP contribution >= 0.6 is 23.2 Å². The van der Waals surface area contributed by atoms with E-state index in [2.05, 4.69) is 85.7 Å². The Morgan fingerprint density at radius 3 is 1.25 bits per heavy atom. The van der Waals surface area contributed by atoms with Gasteiger partial charge in [-0.1, -0.05) is 75.9 Å². The summed E-state index contributed by atoms with van der Waals surface area (Å²) in [5.74, 6) is 0. The number of halogens is 2. The first kappa shape index (κ1) is 34.3. The topological polar surface area (TPSA) is 0 Å². The van der Waals surface area contributed by atoms with Gasteiger partial charge < -0.3 is 0 Å². The smallest absolute Gasteiger partial charge is 0.172 e. The molecule has 0 spiro atoms. The van der Waals surface area contributed by atoms with Gasteiger partial charge in [-0.3, -0.25) is 0 Å². The molecule has 0 amide bonds. The maximum Gasteiger partial charge on any atom is -0.172 e. The average molecular weight is 697 g/mol. The molecule has 0 aromatic heterocycles. The molecule has 6 rings (SSSR count). The van der Waals surface area contributed by atoms with Crippen LogP contribution in [0, 0.1) is 13.8 Å². The third kappa shape index (κ3) is 8.57. The van der Waals surface area contributed by atoms with Crippen molar-refractivity contribution in [1.29, 1.82) is 0 Å². The maximum atomic E-state index is 5.86. The number of hydrogen-bond donors (Lipinski definition) is 0. The number of hydrogen-bond acceptors (Lipinski definition) is 0. The summed E-state index contributed by atoms with van der Waals surface area (Å²) >= 11 is 13.1. The van der Waals surface area contributed by atoms with Gasteiger partial charge in [0.15, 0.2) is 0 Å². The van der Waals surface area contributed by atoms with Gasteiger partial charge in [0.2, 0.25) is 0 Å². The zero-order chi connectivity index (χ0) is 32.2. The van der Waals surface area contributed by atoms with Crippen molar-refractivity contribution in [3.05, 3.63) is 153 Å². The molecule has 0 radical (unpaired) electrons. The van der Waals surface area contributed by atoms with Crippen molar-refractivity contribution in [3.8, 4) is 0 Å². The van der Waals surface area contributed by atoms with E-state index in [1.165, 1.54) is 82.4 Å². The second-order valence-corrected chi connectivity index (χ2v) is 15.6. The molecule has 224 valence electrons. The van der Waals surface area contributed by atoms with E-state index in [9.17, 15) is 0 Å². The van der Waals surface area contributed by atoms with Crippen LogP contribution in [-0.2, 0) is 35.1 Å². The van der Waals surface area contributed by atoms with Crippen LogP contribution in [0.1, 0.15) is 74.9 Å². The fourth-order valence-corrected chi connectivity index (χ4v) is 6.74. The molecular weight excluding hydrogens is 655 g/mol. The van der Waals surface area contributed by atoms with Crippen molar-refractivity contribution < 1.29 is 24.2 Å². The van der Waals surface area contributed by atoms with E-state index in [1.807, 2.05) is 78.9 Å². The van der Waals surface area contributed by atoms with Crippen LogP contribution in [0.15, 0.2) is 109 Å². The minimum atomic E-state index is 0.180. The van der Waals surface area contributed by atoms with E-state index in [1.54, 1.807) is 0 Å². The predicted octanol–water partition coefficient (Wildman–Crippen LogP) is 12.4. The molecule has 0 nitrogen and oxygen atoms in total. The van der Waals surface area contributed by atoms with Gasteiger partial charge in [-0.15, -0.1) is 39.7 Å². The summed E-state index contributed by atoms with van der Waals surface area (Å²) in [6.07, 6.45) is 0. The SMILES string of the molecule is Cc1cc2[cH-]c3cc(C)c(C(C)(C)C)cc3c2cc1C(C)(C)C.Clc1ccc([C](=[Zr+2])c2ccc(Cl)cc2)cc1.c1cc[cH-]c1. The van der Waals surface area contributed by atoms with E-state index in [-0.39, 0.29) is 10.8 Å². The molecule has 0 unspecified atom stereocenters. The summed E-state index contributed by atoms with van der Waals surface area (Å²) in [7, 11) is 0. The first-order valence-corrected chi connectivity index (χ1v) is 17.1. The van der Waals surface area contributed by atoms with Crippen molar-refractivity contribution in [2.24, 2.45) is 0 Å². The van der Waals surface area contributed by atoms with Crippen molar-refractivity contribution in [3.63, 3.8) is 0 Å². The maximum absolute atomic E-state index is 5.86. The van der Waals surface area contributed by atoms with E-state index in [0.29, 0.717) is 0 Å². The molecule has 0 aliphatic carbocycles. The van der Waals surface area contributed by atoms with Crippen LogP contribution in [0.25, 0.3) is 21.5 Å². The minimum absolute atomic E-state index is 0.180. The molecule has 0 heterocycles. The van der Waals surface area contributed by atoms with Crippen molar-refractivity contribution in [2.75, 3.05) is 0 Å². The molecular formula is C41H42Cl2Zr. The van der Waals surface area contributed by atoms with Gasteiger partial charge in [0.05, 0.1) is 0 Å². The van der Waals surface area contributed by atoms with Crippen molar-refractivity contribution in [1.82, 2.24) is 0 Å². The summed E-state index contributed by atoms with van der Waals surface area (Å²) in [6, 6.07) is 37.8. The Bertz CT molecular complexity index is 1700. The fourth-order valence-electron chi connectivity index (χ4n) is 5.67. The van der Waals surface area contributed by atoms with Crippen LogP contribution in [0.5, 0.6) is 0 Å². The molecule has 44 heavy (non-hydrogen) atoms. The summed E-state index contributed by atoms with van der Waals surface area (Å²) in [5.41, 5.74) is 8.49. The first-order chi connectivity index (χ1) is 20.6. The molecule has 0 atom stereocenters. The van der Waals surface area contributed by atoms with Gasteiger partial charge in [-0.25, -0.2) is 12.1 Å². The van der Waals surface area contributed by atoms with Crippen molar-refractivity contribution in [2.45, 2.75) is 66.2 Å². The average Bonchev–Trinajstić information content (AvgIpc) is 3.63. The van der Waals surface area contributed by atoms with Crippen LogP contribution in [0.4, 0.5) is 0 Å². The molecule has 0 saturated heterocycles. The Balaban J connectivity index is 0.000000181. The predicted molar refractivity (Wildman–Crippen MR) is 192 cm³/mol. The third-order valence-electron chi connectivity index (χ3n) is 7.83. The third-order valence-corrected chi connectivity index (χ3v) is 9.75. The largest absolute Gasteiger partial charge is 0.214 e. The molecule has 0 aliphatic heterocycles. The molecule has 6 aromatic carbocycles. The van der Waals surface area contributed by atoms with E-state index < -0.39 is 0 Å². The summed E-state index contributed by atoms with van der Waals surface area (Å²) < 4.78 is 1.31. The second-order valence-electron chi connectivity index (χ2n) is 13.5. The van der Waals surface area contributed by atoms with Gasteiger partial charge in [0.1, 0.15) is 0 Å². The molecule has 0 aliphatic rings. The number of fused-ring (bicyclic) bond motifs is 3. The van der Waals surface area contributed by atoms with Crippen LogP contribution in [0.3, 0.4) is 0 Å². The Morgan fingerprint density at radius 2 is 0.955 bits per heavy atom. The first-order valence-electron chi connectivity index (χ1n) is 15.1. The number of aryl methyl sites for hydroxylation is 2. The van der Waals surface area contributed by atoms with Crippen LogP contribution in [0.2, 0.25) is 10.0 Å². The quantitative estimate of drug-likeness (QED) is 0.158. The summed E-state index contributed by atoms with van der Waals surface area (Å²) in [5, 5.41) is 7.08. The van der Waals surface area contributed by atoms with E-state index >= 15 is 0 Å². The van der Waals surface area contributed by atoms with Gasteiger partial charge in [-0.2, -0.15) is 18.2 Å². The Morgan fingerprint density at radius 1 is 0.591 bits per heavy atom. The van der Waals surface area contributed by atoms with Gasteiger partial charge >= 0.3 is 120 Å². The minimum Gasteiger partial charge on any atom is -0.214 e. The van der Waals surface area contributed by atoms with Crippen LogP contribution in [-0.4, -0.2) is 3.21 Å². The Kier molecular flexibility index (Phi) is 11.1. The molecule has 0 bridgehead atoms. The van der Waals surface area contributed by atoms with Gasteiger partial charge in [-0.05, 0) is 24.7 Å². The van der Waals surface area contributed by atoms with E-state index in [4.69, 9.17) is 23.2 Å². The molecule has 0 saturated carbocycles. The van der Waals surface area contributed by atoms with Crippen LogP contribution < -0.4 is 0 Å². The summed E-state index contributed by atoms with van der Waals surface area (Å²) in [4.78, 5) is 0. The number of benzene rings is 4. The van der Waals surface area contributed by atoms with Gasteiger partial charge in [0, 0.05) is 0 Å². The zero-order valence-corrected chi connectivity index (χ0v) is 31.1. The Hall–Kier alpha value is -2.57. The summed E-state index contributed by atoms with van der Waals surface area (Å²) in [6.45, 7) is 18.3. The monoisotopic (exact) mass is 694 g/mol. The standard InChI is InChI=1S/C23H29.C13H8Cl2.C5H5.Zr/c1-14-9-16-11-17-10-15(2)21(23(6,7)8)13-19(17)18(16)12-20(14)22(3,4)5;14-12-5-1-10(2-6-12)9-11-3-7-13(15)8-4-11;1-2-4-5-3-1;/h9-13H,1-8H3;1-8H;1-5H;/q-1;;-1;+2. The zero-order valence-electron chi connectivity index (χ0n) is 27.1. The van der Waals surface area contributed by atoms with Crippen molar-refractivity contribution >= 4 is 48.0 Å². The molecule has 6 aromatic rings. The molecule has 0 fully saturated rings. The van der Waals surface area contributed by atoms with Gasteiger partial charge in [0.25, 0.3) is 0 Å². The normalized spacial score (nSPS) is 11.5. The number of rotatable bonds is 2.